The van der Waals surface area contributed by atoms with Crippen molar-refractivity contribution in [2.75, 3.05) is 6.54 Å². The maximum absolute atomic E-state index is 12.5. The molecule has 2 heterocycles. The summed E-state index contributed by atoms with van der Waals surface area (Å²) in [6.45, 7) is 1.54. The monoisotopic (exact) mass is 310 g/mol. The summed E-state index contributed by atoms with van der Waals surface area (Å²) in [5.74, 6) is 0.744. The maximum atomic E-state index is 12.5. The van der Waals surface area contributed by atoms with E-state index in [2.05, 4.69) is 33.5 Å². The highest BCUT2D eigenvalue weighted by Crippen LogP contribution is 2.29. The molecule has 1 amide bonds. The van der Waals surface area contributed by atoms with Crippen LogP contribution in [0, 0.1) is 5.92 Å². The van der Waals surface area contributed by atoms with Gasteiger partial charge in [0.05, 0.1) is 10.2 Å². The fraction of sp³-hybridized carbons (Fsp3) is 0.278. The first kappa shape index (κ1) is 13.6. The van der Waals surface area contributed by atoms with Crippen LogP contribution in [0.5, 0.6) is 0 Å². The molecule has 1 aliphatic carbocycles. The average Bonchev–Trinajstić information content (AvgIpc) is 3.15. The van der Waals surface area contributed by atoms with Crippen LogP contribution in [0.1, 0.15) is 28.9 Å². The average molecular weight is 310 g/mol. The highest BCUT2D eigenvalue weighted by molar-refractivity contribution is 7.17. The molecule has 22 heavy (non-hydrogen) atoms. The molecule has 3 aromatic rings. The topological polar surface area (TPSA) is 34.0 Å². The van der Waals surface area contributed by atoms with Crippen molar-refractivity contribution in [2.24, 2.45) is 5.92 Å². The molecule has 1 N–H and O–H groups in total. The first-order valence-corrected chi connectivity index (χ1v) is 8.58. The van der Waals surface area contributed by atoms with Crippen molar-refractivity contribution in [1.82, 2.24) is 9.88 Å². The summed E-state index contributed by atoms with van der Waals surface area (Å²) >= 11 is 1.69. The van der Waals surface area contributed by atoms with Crippen molar-refractivity contribution >= 4 is 27.5 Å². The zero-order chi connectivity index (χ0) is 14.9. The number of fused-ring (bicyclic) bond motifs is 1. The number of carbonyl (C=O) groups is 1. The summed E-state index contributed by atoms with van der Waals surface area (Å²) in [7, 11) is 0. The third-order valence-corrected chi connectivity index (χ3v) is 5.04. The molecular formula is C18H18N2OS. The van der Waals surface area contributed by atoms with Crippen LogP contribution >= 0.6 is 11.3 Å². The summed E-state index contributed by atoms with van der Waals surface area (Å²) in [6, 6.07) is 14.4. The maximum Gasteiger partial charge on any atom is 0.267 e. The smallest absolute Gasteiger partial charge is 0.267 e. The van der Waals surface area contributed by atoms with E-state index in [9.17, 15) is 4.79 Å². The molecule has 0 bridgehead atoms. The number of carbonyl (C=O) groups excluding carboxylic acids is 1. The van der Waals surface area contributed by atoms with Gasteiger partial charge < -0.3 is 9.88 Å². The summed E-state index contributed by atoms with van der Waals surface area (Å²) < 4.78 is 3.30. The largest absolute Gasteiger partial charge is 0.350 e. The van der Waals surface area contributed by atoms with E-state index in [0.29, 0.717) is 5.92 Å². The zero-order valence-corrected chi connectivity index (χ0v) is 13.1. The Morgan fingerprint density at radius 2 is 2.05 bits per heavy atom. The Labute approximate surface area is 133 Å². The highest BCUT2D eigenvalue weighted by Gasteiger charge is 2.23. The van der Waals surface area contributed by atoms with Crippen molar-refractivity contribution in [3.05, 3.63) is 59.1 Å². The van der Waals surface area contributed by atoms with Gasteiger partial charge in [-0.25, -0.2) is 0 Å². The van der Waals surface area contributed by atoms with Crippen molar-refractivity contribution in [3.8, 4) is 0 Å². The normalized spacial score (nSPS) is 14.4. The van der Waals surface area contributed by atoms with Gasteiger partial charge in [0.25, 0.3) is 5.91 Å². The summed E-state index contributed by atoms with van der Waals surface area (Å²) in [6.07, 6.45) is 2.50. The van der Waals surface area contributed by atoms with Crippen LogP contribution in [0.4, 0.5) is 0 Å². The van der Waals surface area contributed by atoms with Gasteiger partial charge in [-0.05, 0) is 41.8 Å². The number of benzene rings is 1. The Bertz CT molecular complexity index is 799. The number of hydrogen-bond acceptors (Lipinski definition) is 2. The van der Waals surface area contributed by atoms with Crippen molar-refractivity contribution < 1.29 is 4.79 Å². The number of hydrogen-bond donors (Lipinski definition) is 1. The zero-order valence-electron chi connectivity index (χ0n) is 12.3. The molecule has 0 spiro atoms. The molecule has 0 unspecified atom stereocenters. The number of nitrogens with one attached hydrogen (secondary N) is 1. The molecule has 2 aromatic heterocycles. The SMILES string of the molecule is O=C(NCC1CC1)c1cc2sccc2n1Cc1ccccc1. The van der Waals surface area contributed by atoms with Gasteiger partial charge in [0.15, 0.2) is 0 Å². The van der Waals surface area contributed by atoms with E-state index >= 15 is 0 Å². The first-order chi connectivity index (χ1) is 10.8. The van der Waals surface area contributed by atoms with Crippen molar-refractivity contribution in [1.29, 1.82) is 0 Å². The molecule has 0 aliphatic heterocycles. The van der Waals surface area contributed by atoms with Crippen molar-refractivity contribution in [3.63, 3.8) is 0 Å². The molecule has 0 saturated heterocycles. The minimum atomic E-state index is 0.0474. The predicted molar refractivity (Wildman–Crippen MR) is 90.4 cm³/mol. The van der Waals surface area contributed by atoms with Gasteiger partial charge in [-0.15, -0.1) is 11.3 Å². The number of thiophene rings is 1. The van der Waals surface area contributed by atoms with E-state index in [0.717, 1.165) is 24.3 Å². The highest BCUT2D eigenvalue weighted by atomic mass is 32.1. The van der Waals surface area contributed by atoms with Crippen LogP contribution in [0.2, 0.25) is 0 Å². The lowest BCUT2D eigenvalue weighted by Gasteiger charge is -2.11. The van der Waals surface area contributed by atoms with Gasteiger partial charge in [0, 0.05) is 13.1 Å². The van der Waals surface area contributed by atoms with Crippen LogP contribution in [0.15, 0.2) is 47.8 Å². The Kier molecular flexibility index (Phi) is 3.47. The minimum absolute atomic E-state index is 0.0474. The Balaban J connectivity index is 1.66. The molecule has 0 atom stereocenters. The van der Waals surface area contributed by atoms with Gasteiger partial charge >= 0.3 is 0 Å². The summed E-state index contributed by atoms with van der Waals surface area (Å²) in [5.41, 5.74) is 3.12. The minimum Gasteiger partial charge on any atom is -0.350 e. The second kappa shape index (κ2) is 5.61. The van der Waals surface area contributed by atoms with Gasteiger partial charge in [-0.3, -0.25) is 4.79 Å². The van der Waals surface area contributed by atoms with E-state index in [1.54, 1.807) is 11.3 Å². The van der Waals surface area contributed by atoms with E-state index < -0.39 is 0 Å². The summed E-state index contributed by atoms with van der Waals surface area (Å²) in [5, 5.41) is 5.16. The fourth-order valence-corrected chi connectivity index (χ4v) is 3.57. The second-order valence-electron chi connectivity index (χ2n) is 5.92. The third kappa shape index (κ3) is 2.66. The molecule has 1 aromatic carbocycles. The quantitative estimate of drug-likeness (QED) is 0.762. The Morgan fingerprint density at radius 1 is 1.23 bits per heavy atom. The molecule has 0 radical (unpaired) electrons. The van der Waals surface area contributed by atoms with Crippen LogP contribution in [0.3, 0.4) is 0 Å². The lowest BCUT2D eigenvalue weighted by atomic mass is 10.2. The second-order valence-corrected chi connectivity index (χ2v) is 6.87. The molecular weight excluding hydrogens is 292 g/mol. The molecule has 112 valence electrons. The molecule has 3 nitrogen and oxygen atoms in total. The van der Waals surface area contributed by atoms with Crippen LogP contribution < -0.4 is 5.32 Å². The number of rotatable bonds is 5. The Morgan fingerprint density at radius 3 is 2.82 bits per heavy atom. The standard InChI is InChI=1S/C18H18N2OS/c21-18(19-11-13-6-7-13)16-10-17-15(8-9-22-17)20(16)12-14-4-2-1-3-5-14/h1-5,8-10,13H,6-7,11-12H2,(H,19,21). The molecule has 4 heteroatoms. The van der Waals surface area contributed by atoms with Crippen LogP contribution in [-0.4, -0.2) is 17.0 Å². The van der Waals surface area contributed by atoms with E-state index in [4.69, 9.17) is 0 Å². The van der Waals surface area contributed by atoms with Crippen LogP contribution in [0.25, 0.3) is 10.2 Å². The van der Waals surface area contributed by atoms with Gasteiger partial charge in [0.1, 0.15) is 5.69 Å². The number of aromatic nitrogens is 1. The van der Waals surface area contributed by atoms with Gasteiger partial charge in [-0.2, -0.15) is 0 Å². The van der Waals surface area contributed by atoms with E-state index in [1.165, 1.54) is 23.1 Å². The van der Waals surface area contributed by atoms with E-state index in [1.807, 2.05) is 24.3 Å². The summed E-state index contributed by atoms with van der Waals surface area (Å²) in [4.78, 5) is 12.5. The van der Waals surface area contributed by atoms with Gasteiger partial charge in [0.2, 0.25) is 0 Å². The van der Waals surface area contributed by atoms with Crippen molar-refractivity contribution in [2.45, 2.75) is 19.4 Å². The molecule has 1 fully saturated rings. The Hall–Kier alpha value is -2.07. The number of nitrogens with zero attached hydrogens (tertiary/aromatic N) is 1. The lowest BCUT2D eigenvalue weighted by Crippen LogP contribution is -2.27. The lowest BCUT2D eigenvalue weighted by molar-refractivity contribution is 0.0943. The first-order valence-electron chi connectivity index (χ1n) is 7.70. The molecule has 1 saturated carbocycles. The van der Waals surface area contributed by atoms with E-state index in [-0.39, 0.29) is 5.91 Å². The number of amides is 1. The third-order valence-electron chi connectivity index (χ3n) is 4.19. The molecule has 1 aliphatic rings. The predicted octanol–water partition coefficient (Wildman–Crippen LogP) is 3.89. The van der Waals surface area contributed by atoms with Gasteiger partial charge in [-0.1, -0.05) is 30.3 Å². The molecule has 4 rings (SSSR count). The fourth-order valence-electron chi connectivity index (χ4n) is 2.75. The van der Waals surface area contributed by atoms with Crippen LogP contribution in [-0.2, 0) is 6.54 Å².